The fraction of sp³-hybridized carbons (Fsp3) is 0.333. The molecule has 0 bridgehead atoms. The van der Waals surface area contributed by atoms with E-state index in [1.165, 1.54) is 6.07 Å². The predicted molar refractivity (Wildman–Crippen MR) is 69.3 cm³/mol. The molecule has 1 aromatic rings. The minimum Gasteiger partial charge on any atom is -0.443 e. The van der Waals surface area contributed by atoms with Crippen molar-refractivity contribution < 1.29 is 18.7 Å². The Balaban J connectivity index is 2.84. The van der Waals surface area contributed by atoms with Gasteiger partial charge >= 0.3 is 6.09 Å². The second-order valence-corrected chi connectivity index (χ2v) is 5.09. The Morgan fingerprint density at radius 3 is 2.58 bits per heavy atom. The molecule has 104 valence electrons. The standard InChI is InChI=1S/C12H14ClFN2O3/c1-12(2,3)19-11(18)15-16(7-17)10-5-4-8(14)6-9(10)13/h4-7H,1-3H3,(H,15,18). The first kappa shape index (κ1) is 15.2. The lowest BCUT2D eigenvalue weighted by molar-refractivity contribution is -0.108. The number of carbonyl (C=O) groups excluding carboxylic acids is 2. The maximum Gasteiger partial charge on any atom is 0.427 e. The van der Waals surface area contributed by atoms with E-state index in [0.717, 1.165) is 17.1 Å². The number of hydrazine groups is 1. The zero-order valence-corrected chi connectivity index (χ0v) is 11.5. The first-order valence-corrected chi connectivity index (χ1v) is 5.80. The minimum atomic E-state index is -0.819. The van der Waals surface area contributed by atoms with Crippen LogP contribution in [0.5, 0.6) is 0 Å². The van der Waals surface area contributed by atoms with Crippen LogP contribution in [0.15, 0.2) is 18.2 Å². The molecule has 0 saturated carbocycles. The summed E-state index contributed by atoms with van der Waals surface area (Å²) in [5, 5.41) is 0.804. The molecule has 7 heteroatoms. The normalized spacial score (nSPS) is 10.8. The molecule has 1 N–H and O–H groups in total. The van der Waals surface area contributed by atoms with Crippen LogP contribution in [0.25, 0.3) is 0 Å². The van der Waals surface area contributed by atoms with Crippen molar-refractivity contribution in [1.29, 1.82) is 0 Å². The van der Waals surface area contributed by atoms with Crippen molar-refractivity contribution in [1.82, 2.24) is 5.43 Å². The highest BCUT2D eigenvalue weighted by Gasteiger charge is 2.19. The maximum absolute atomic E-state index is 12.9. The Kier molecular flexibility index (Phi) is 4.72. The molecule has 19 heavy (non-hydrogen) atoms. The summed E-state index contributed by atoms with van der Waals surface area (Å²) in [5.41, 5.74) is 1.64. The highest BCUT2D eigenvalue weighted by atomic mass is 35.5. The van der Waals surface area contributed by atoms with Gasteiger partial charge in [0.25, 0.3) is 0 Å². The topological polar surface area (TPSA) is 58.6 Å². The third-order valence-corrected chi connectivity index (χ3v) is 2.19. The van der Waals surface area contributed by atoms with Crippen LogP contribution in [0.3, 0.4) is 0 Å². The first-order valence-electron chi connectivity index (χ1n) is 5.42. The smallest absolute Gasteiger partial charge is 0.427 e. The van der Waals surface area contributed by atoms with E-state index < -0.39 is 17.5 Å². The third-order valence-electron chi connectivity index (χ3n) is 1.89. The van der Waals surface area contributed by atoms with E-state index in [0.29, 0.717) is 6.41 Å². The van der Waals surface area contributed by atoms with Gasteiger partial charge in [-0.15, -0.1) is 0 Å². The summed E-state index contributed by atoms with van der Waals surface area (Å²) in [5.74, 6) is -0.545. The number of amides is 2. The molecule has 0 aliphatic carbocycles. The minimum absolute atomic E-state index is 0.0110. The lowest BCUT2D eigenvalue weighted by Gasteiger charge is -2.24. The number of nitrogens with zero attached hydrogens (tertiary/aromatic N) is 1. The van der Waals surface area contributed by atoms with E-state index in [1.54, 1.807) is 20.8 Å². The number of hydrogen-bond donors (Lipinski definition) is 1. The molecule has 2 amide bonds. The van der Waals surface area contributed by atoms with Gasteiger partial charge in [0.15, 0.2) is 0 Å². The molecule has 0 heterocycles. The van der Waals surface area contributed by atoms with Crippen molar-refractivity contribution in [3.8, 4) is 0 Å². The van der Waals surface area contributed by atoms with Crippen LogP contribution in [-0.4, -0.2) is 18.1 Å². The molecule has 0 atom stereocenters. The molecule has 0 radical (unpaired) electrons. The molecule has 1 aromatic carbocycles. The van der Waals surface area contributed by atoms with Gasteiger partial charge < -0.3 is 4.74 Å². The van der Waals surface area contributed by atoms with E-state index in [4.69, 9.17) is 16.3 Å². The largest absolute Gasteiger partial charge is 0.443 e. The Morgan fingerprint density at radius 1 is 1.47 bits per heavy atom. The summed E-state index contributed by atoms with van der Waals surface area (Å²) < 4.78 is 17.9. The van der Waals surface area contributed by atoms with Crippen molar-refractivity contribution in [3.63, 3.8) is 0 Å². The summed E-state index contributed by atoms with van der Waals surface area (Å²) >= 11 is 5.79. The van der Waals surface area contributed by atoms with Crippen molar-refractivity contribution in [2.24, 2.45) is 0 Å². The van der Waals surface area contributed by atoms with Gasteiger partial charge in [-0.05, 0) is 39.0 Å². The number of ether oxygens (including phenoxy) is 1. The third kappa shape index (κ3) is 4.75. The molecule has 0 aliphatic heterocycles. The van der Waals surface area contributed by atoms with Crippen LogP contribution in [-0.2, 0) is 9.53 Å². The van der Waals surface area contributed by atoms with Crippen LogP contribution in [0.1, 0.15) is 20.8 Å². The highest BCUT2D eigenvalue weighted by Crippen LogP contribution is 2.24. The van der Waals surface area contributed by atoms with Crippen molar-refractivity contribution in [2.75, 3.05) is 5.01 Å². The van der Waals surface area contributed by atoms with E-state index in [1.807, 2.05) is 0 Å². The number of rotatable bonds is 3. The Morgan fingerprint density at radius 2 is 2.11 bits per heavy atom. The summed E-state index contributed by atoms with van der Waals surface area (Å²) in [6.07, 6.45) is -0.483. The second kappa shape index (κ2) is 5.88. The zero-order chi connectivity index (χ0) is 14.6. The van der Waals surface area contributed by atoms with Crippen LogP contribution in [0, 0.1) is 5.82 Å². The van der Waals surface area contributed by atoms with E-state index in [-0.39, 0.29) is 10.7 Å². The fourth-order valence-corrected chi connectivity index (χ4v) is 1.48. The quantitative estimate of drug-likeness (QED) is 0.687. The zero-order valence-electron chi connectivity index (χ0n) is 10.7. The average molecular weight is 289 g/mol. The van der Waals surface area contributed by atoms with Gasteiger partial charge in [-0.25, -0.2) is 19.6 Å². The number of halogens is 2. The lowest BCUT2D eigenvalue weighted by Crippen LogP contribution is -2.44. The van der Waals surface area contributed by atoms with Gasteiger partial charge in [-0.3, -0.25) is 4.79 Å². The monoisotopic (exact) mass is 288 g/mol. The molecular formula is C12H14ClFN2O3. The Hall–Kier alpha value is -1.82. The molecule has 0 aromatic heterocycles. The predicted octanol–water partition coefficient (Wildman–Crippen LogP) is 2.88. The number of hydrogen-bond acceptors (Lipinski definition) is 3. The van der Waals surface area contributed by atoms with Crippen molar-refractivity contribution in [2.45, 2.75) is 26.4 Å². The molecule has 0 saturated heterocycles. The molecule has 0 aliphatic rings. The highest BCUT2D eigenvalue weighted by molar-refractivity contribution is 6.33. The molecule has 0 unspecified atom stereocenters. The summed E-state index contributed by atoms with van der Waals surface area (Å²) in [7, 11) is 0. The van der Waals surface area contributed by atoms with Gasteiger partial charge in [-0.2, -0.15) is 0 Å². The van der Waals surface area contributed by atoms with E-state index in [2.05, 4.69) is 5.43 Å². The van der Waals surface area contributed by atoms with Crippen molar-refractivity contribution >= 4 is 29.8 Å². The second-order valence-electron chi connectivity index (χ2n) is 4.68. The Bertz CT molecular complexity index is 488. The van der Waals surface area contributed by atoms with Crippen molar-refractivity contribution in [3.05, 3.63) is 29.0 Å². The van der Waals surface area contributed by atoms with Crippen LogP contribution in [0.2, 0.25) is 5.02 Å². The van der Waals surface area contributed by atoms with Gasteiger partial charge in [0.05, 0.1) is 10.7 Å². The SMILES string of the molecule is CC(C)(C)OC(=O)NN(C=O)c1ccc(F)cc1Cl. The molecule has 0 fully saturated rings. The lowest BCUT2D eigenvalue weighted by atomic mass is 10.2. The fourth-order valence-electron chi connectivity index (χ4n) is 1.22. The van der Waals surface area contributed by atoms with E-state index >= 15 is 0 Å². The number of benzene rings is 1. The van der Waals surface area contributed by atoms with Gasteiger partial charge in [0.2, 0.25) is 6.41 Å². The van der Waals surface area contributed by atoms with Crippen LogP contribution < -0.4 is 10.4 Å². The van der Waals surface area contributed by atoms with Gasteiger partial charge in [-0.1, -0.05) is 11.6 Å². The van der Waals surface area contributed by atoms with Gasteiger partial charge in [0.1, 0.15) is 11.4 Å². The van der Waals surface area contributed by atoms with E-state index in [9.17, 15) is 14.0 Å². The molecule has 0 spiro atoms. The summed E-state index contributed by atoms with van der Waals surface area (Å²) in [4.78, 5) is 22.5. The molecule has 5 nitrogen and oxygen atoms in total. The maximum atomic E-state index is 12.9. The van der Waals surface area contributed by atoms with Crippen LogP contribution in [0.4, 0.5) is 14.9 Å². The average Bonchev–Trinajstić information content (AvgIpc) is 2.24. The van der Waals surface area contributed by atoms with Crippen LogP contribution >= 0.6 is 11.6 Å². The molecular weight excluding hydrogens is 275 g/mol. The first-order chi connectivity index (χ1) is 8.73. The number of anilines is 1. The number of nitrogens with one attached hydrogen (secondary N) is 1. The summed E-state index contributed by atoms with van der Waals surface area (Å²) in [6, 6.07) is 3.42. The molecule has 1 rings (SSSR count). The number of carbonyl (C=O) groups is 2. The van der Waals surface area contributed by atoms with Gasteiger partial charge in [0, 0.05) is 0 Å². The Labute approximate surface area is 115 Å². The summed E-state index contributed by atoms with van der Waals surface area (Å²) in [6.45, 7) is 5.05.